The van der Waals surface area contributed by atoms with Crippen LogP contribution in [0.2, 0.25) is 0 Å². The van der Waals surface area contributed by atoms with E-state index in [1.165, 1.54) is 24.2 Å². The van der Waals surface area contributed by atoms with Crippen LogP contribution in [0.15, 0.2) is 11.4 Å². The fraction of sp³-hybridized carbons (Fsp3) is 0.733. The lowest BCUT2D eigenvalue weighted by Crippen LogP contribution is -2.59. The standard InChI is InChI=1S/C15H22FNS/c1-9-11-6-10(15(11,2)3)7-13(9)17-8-14-12(16)4-5-18-14/h4-5,9-11,13,17H,6-8H2,1-3H3. The molecule has 1 N–H and O–H groups in total. The van der Waals surface area contributed by atoms with Gasteiger partial charge in [0.15, 0.2) is 0 Å². The third-order valence-electron chi connectivity index (χ3n) is 5.57. The summed E-state index contributed by atoms with van der Waals surface area (Å²) in [4.78, 5) is 0.848. The van der Waals surface area contributed by atoms with Gasteiger partial charge in [0.25, 0.3) is 0 Å². The molecule has 1 nitrogen and oxygen atoms in total. The molecular formula is C15H22FNS. The summed E-state index contributed by atoms with van der Waals surface area (Å²) in [5.41, 5.74) is 0.534. The summed E-state index contributed by atoms with van der Waals surface area (Å²) in [6.45, 7) is 7.89. The highest BCUT2D eigenvalue weighted by molar-refractivity contribution is 7.09. The summed E-state index contributed by atoms with van der Waals surface area (Å²) >= 11 is 1.51. The second-order valence-electron chi connectivity index (χ2n) is 6.63. The van der Waals surface area contributed by atoms with Crippen molar-refractivity contribution in [2.75, 3.05) is 0 Å². The van der Waals surface area contributed by atoms with Gasteiger partial charge in [-0.05, 0) is 47.5 Å². The highest BCUT2D eigenvalue weighted by Gasteiger charge is 2.55. The average molecular weight is 267 g/mol. The van der Waals surface area contributed by atoms with E-state index >= 15 is 0 Å². The molecule has 0 aromatic carbocycles. The Hall–Kier alpha value is -0.410. The van der Waals surface area contributed by atoms with Gasteiger partial charge in [-0.2, -0.15) is 0 Å². The van der Waals surface area contributed by atoms with E-state index in [0.717, 1.165) is 16.7 Å². The van der Waals surface area contributed by atoms with Gasteiger partial charge in [0.1, 0.15) is 5.82 Å². The molecule has 1 aromatic heterocycles. The Kier molecular flexibility index (Phi) is 3.02. The normalized spacial score (nSPS) is 37.3. The molecule has 4 unspecified atom stereocenters. The van der Waals surface area contributed by atoms with Crippen LogP contribution in [0.25, 0.3) is 0 Å². The monoisotopic (exact) mass is 267 g/mol. The third kappa shape index (κ3) is 1.83. The van der Waals surface area contributed by atoms with Crippen LogP contribution < -0.4 is 5.32 Å². The van der Waals surface area contributed by atoms with Crippen LogP contribution in [-0.2, 0) is 6.54 Å². The number of nitrogens with one attached hydrogen (secondary N) is 1. The lowest BCUT2D eigenvalue weighted by atomic mass is 9.45. The Labute approximate surface area is 113 Å². The first-order valence-electron chi connectivity index (χ1n) is 6.95. The molecule has 18 heavy (non-hydrogen) atoms. The predicted molar refractivity (Wildman–Crippen MR) is 74.1 cm³/mol. The fourth-order valence-corrected chi connectivity index (χ4v) is 4.79. The summed E-state index contributed by atoms with van der Waals surface area (Å²) < 4.78 is 13.4. The molecule has 0 aliphatic heterocycles. The number of rotatable bonds is 3. The maximum absolute atomic E-state index is 13.4. The summed E-state index contributed by atoms with van der Waals surface area (Å²) in [7, 11) is 0. The smallest absolute Gasteiger partial charge is 0.138 e. The number of hydrogen-bond acceptors (Lipinski definition) is 2. The van der Waals surface area contributed by atoms with E-state index < -0.39 is 0 Å². The van der Waals surface area contributed by atoms with Crippen molar-refractivity contribution in [3.63, 3.8) is 0 Å². The second kappa shape index (κ2) is 4.31. The van der Waals surface area contributed by atoms with Gasteiger partial charge in [-0.15, -0.1) is 11.3 Å². The third-order valence-corrected chi connectivity index (χ3v) is 6.47. The molecule has 1 heterocycles. The van der Waals surface area contributed by atoms with E-state index in [1.54, 1.807) is 6.07 Å². The van der Waals surface area contributed by atoms with Crippen molar-refractivity contribution in [2.24, 2.45) is 23.2 Å². The molecule has 3 aliphatic rings. The summed E-state index contributed by atoms with van der Waals surface area (Å²) in [6, 6.07) is 2.13. The summed E-state index contributed by atoms with van der Waals surface area (Å²) in [6.07, 6.45) is 2.66. The molecular weight excluding hydrogens is 245 g/mol. The van der Waals surface area contributed by atoms with Crippen molar-refractivity contribution in [3.8, 4) is 0 Å². The van der Waals surface area contributed by atoms with Gasteiger partial charge < -0.3 is 5.32 Å². The summed E-state index contributed by atoms with van der Waals surface area (Å²) in [5, 5.41) is 5.41. The maximum Gasteiger partial charge on any atom is 0.138 e. The quantitative estimate of drug-likeness (QED) is 0.871. The van der Waals surface area contributed by atoms with Crippen molar-refractivity contribution < 1.29 is 4.39 Å². The van der Waals surface area contributed by atoms with E-state index in [9.17, 15) is 4.39 Å². The molecule has 3 heteroatoms. The van der Waals surface area contributed by atoms with Crippen LogP contribution in [0.5, 0.6) is 0 Å². The van der Waals surface area contributed by atoms with Crippen molar-refractivity contribution in [1.29, 1.82) is 0 Å². The molecule has 2 bridgehead atoms. The largest absolute Gasteiger partial charge is 0.309 e. The second-order valence-corrected chi connectivity index (χ2v) is 7.64. The van der Waals surface area contributed by atoms with E-state index in [4.69, 9.17) is 0 Å². The average Bonchev–Trinajstić information content (AvgIpc) is 2.73. The van der Waals surface area contributed by atoms with Crippen molar-refractivity contribution in [3.05, 3.63) is 22.1 Å². The minimum absolute atomic E-state index is 0.0542. The van der Waals surface area contributed by atoms with Crippen LogP contribution in [0.1, 0.15) is 38.5 Å². The van der Waals surface area contributed by atoms with Crippen LogP contribution >= 0.6 is 11.3 Å². The zero-order valence-corrected chi connectivity index (χ0v) is 12.2. The molecule has 1 aromatic rings. The molecule has 100 valence electrons. The number of halogens is 1. The van der Waals surface area contributed by atoms with Crippen LogP contribution in [0.3, 0.4) is 0 Å². The molecule has 4 rings (SSSR count). The zero-order chi connectivity index (χ0) is 12.9. The number of hydrogen-bond donors (Lipinski definition) is 1. The SMILES string of the molecule is CC1C(NCc2sccc2F)CC2CC1C2(C)C. The van der Waals surface area contributed by atoms with Crippen LogP contribution in [0, 0.1) is 29.0 Å². The van der Waals surface area contributed by atoms with Gasteiger partial charge in [0, 0.05) is 12.6 Å². The molecule has 3 saturated carbocycles. The Morgan fingerprint density at radius 1 is 1.44 bits per heavy atom. The van der Waals surface area contributed by atoms with Gasteiger partial charge in [0.05, 0.1) is 4.88 Å². The van der Waals surface area contributed by atoms with E-state index in [1.807, 2.05) is 5.38 Å². The van der Waals surface area contributed by atoms with Gasteiger partial charge in [0.2, 0.25) is 0 Å². The van der Waals surface area contributed by atoms with Gasteiger partial charge in [-0.3, -0.25) is 0 Å². The first-order chi connectivity index (χ1) is 8.50. The Bertz CT molecular complexity index is 439. The van der Waals surface area contributed by atoms with Crippen molar-refractivity contribution in [1.82, 2.24) is 5.32 Å². The lowest BCUT2D eigenvalue weighted by molar-refractivity contribution is -0.115. The highest BCUT2D eigenvalue weighted by Crippen LogP contribution is 2.61. The lowest BCUT2D eigenvalue weighted by Gasteiger charge is -2.62. The Morgan fingerprint density at radius 2 is 2.22 bits per heavy atom. The molecule has 4 atom stereocenters. The zero-order valence-electron chi connectivity index (χ0n) is 11.4. The van der Waals surface area contributed by atoms with Crippen molar-refractivity contribution in [2.45, 2.75) is 46.2 Å². The molecule has 0 saturated heterocycles. The maximum atomic E-state index is 13.4. The topological polar surface area (TPSA) is 12.0 Å². The Balaban J connectivity index is 1.61. The predicted octanol–water partition coefficient (Wildman–Crippen LogP) is 4.05. The summed E-state index contributed by atoms with van der Waals surface area (Å²) in [5.74, 6) is 2.38. The molecule has 0 spiro atoms. The Morgan fingerprint density at radius 3 is 2.78 bits per heavy atom. The van der Waals surface area contributed by atoms with Gasteiger partial charge in [-0.25, -0.2) is 4.39 Å². The minimum atomic E-state index is -0.0542. The molecule has 3 aliphatic carbocycles. The van der Waals surface area contributed by atoms with Crippen LogP contribution in [0.4, 0.5) is 4.39 Å². The first kappa shape index (κ1) is 12.6. The van der Waals surface area contributed by atoms with E-state index in [0.29, 0.717) is 23.9 Å². The highest BCUT2D eigenvalue weighted by atomic mass is 32.1. The minimum Gasteiger partial charge on any atom is -0.309 e. The van der Waals surface area contributed by atoms with Gasteiger partial charge >= 0.3 is 0 Å². The van der Waals surface area contributed by atoms with E-state index in [-0.39, 0.29) is 5.82 Å². The molecule has 3 fully saturated rings. The first-order valence-corrected chi connectivity index (χ1v) is 7.83. The number of thiophene rings is 1. The molecule has 0 radical (unpaired) electrons. The van der Waals surface area contributed by atoms with Crippen molar-refractivity contribution >= 4 is 11.3 Å². The van der Waals surface area contributed by atoms with Crippen LogP contribution in [-0.4, -0.2) is 6.04 Å². The number of fused-ring (bicyclic) bond motifs is 2. The molecule has 0 amide bonds. The fourth-order valence-electron chi connectivity index (χ4n) is 4.09. The van der Waals surface area contributed by atoms with E-state index in [2.05, 4.69) is 26.1 Å². The van der Waals surface area contributed by atoms with Gasteiger partial charge in [-0.1, -0.05) is 20.8 Å².